The van der Waals surface area contributed by atoms with Crippen molar-refractivity contribution in [3.63, 3.8) is 0 Å². The van der Waals surface area contributed by atoms with Gasteiger partial charge in [0, 0.05) is 22.3 Å². The second-order valence-corrected chi connectivity index (χ2v) is 9.39. The molecule has 2 nitrogen and oxygen atoms in total. The van der Waals surface area contributed by atoms with Crippen molar-refractivity contribution in [3.8, 4) is 0 Å². The molecule has 0 fully saturated rings. The Bertz CT molecular complexity index is 935. The molecule has 0 N–H and O–H groups in total. The Kier molecular flexibility index (Phi) is 10.1. The fraction of sp³-hybridized carbons (Fsp3) is 0.467. The molecule has 0 aliphatic heterocycles. The van der Waals surface area contributed by atoms with Crippen LogP contribution in [0.5, 0.6) is 0 Å². The molecule has 2 unspecified atom stereocenters. The van der Waals surface area contributed by atoms with E-state index in [0.29, 0.717) is 40.5 Å². The van der Waals surface area contributed by atoms with Gasteiger partial charge in [0.25, 0.3) is 0 Å². The minimum Gasteiger partial charge on any atom is -0.289 e. The van der Waals surface area contributed by atoms with Gasteiger partial charge in [0.15, 0.2) is 11.6 Å². The summed E-state index contributed by atoms with van der Waals surface area (Å²) in [6, 6.07) is 7.14. The summed E-state index contributed by atoms with van der Waals surface area (Å²) in [6.45, 7) is 12.8. The lowest BCUT2D eigenvalue weighted by Gasteiger charge is -2.19. The quantitative estimate of drug-likeness (QED) is 0.329. The molecule has 1 aromatic rings. The number of ketones is 2. The predicted octanol–water partition coefficient (Wildman–Crippen LogP) is 8.46. The highest BCUT2D eigenvalue weighted by molar-refractivity contribution is 6.26. The van der Waals surface area contributed by atoms with Gasteiger partial charge in [0.1, 0.15) is 0 Å². The molecule has 172 valence electrons. The summed E-state index contributed by atoms with van der Waals surface area (Å²) in [5, 5.41) is 0. The zero-order valence-corrected chi connectivity index (χ0v) is 20.8. The van der Waals surface area contributed by atoms with Gasteiger partial charge in [-0.3, -0.25) is 9.59 Å². The SMILES string of the molecule is CCC(/C=C/CCC(C)/C(C)=C/CC1=C(C)C(=O)c2ccccc2C1=O)CCC=C(C)C. The molecule has 0 aromatic heterocycles. The van der Waals surface area contributed by atoms with E-state index in [2.05, 4.69) is 58.9 Å². The van der Waals surface area contributed by atoms with E-state index in [1.54, 1.807) is 19.1 Å². The first-order chi connectivity index (χ1) is 15.3. The molecule has 0 radical (unpaired) electrons. The minimum atomic E-state index is -0.0190. The van der Waals surface area contributed by atoms with Crippen molar-refractivity contribution in [1.82, 2.24) is 0 Å². The average molecular weight is 433 g/mol. The van der Waals surface area contributed by atoms with Gasteiger partial charge < -0.3 is 0 Å². The molecular weight excluding hydrogens is 392 g/mol. The second kappa shape index (κ2) is 12.5. The van der Waals surface area contributed by atoms with E-state index in [0.717, 1.165) is 19.3 Å². The molecule has 2 heteroatoms. The third-order valence-corrected chi connectivity index (χ3v) is 6.68. The van der Waals surface area contributed by atoms with Gasteiger partial charge in [0.05, 0.1) is 0 Å². The number of rotatable bonds is 11. The van der Waals surface area contributed by atoms with E-state index in [4.69, 9.17) is 0 Å². The monoisotopic (exact) mass is 432 g/mol. The summed E-state index contributed by atoms with van der Waals surface area (Å²) < 4.78 is 0. The molecule has 1 aliphatic rings. The summed E-state index contributed by atoms with van der Waals surface area (Å²) in [4.78, 5) is 25.6. The number of benzene rings is 1. The maximum Gasteiger partial charge on any atom is 0.190 e. The number of Topliss-reactive ketones (excluding diaryl/α,β-unsaturated/α-hetero) is 2. The maximum atomic E-state index is 12.9. The van der Waals surface area contributed by atoms with Gasteiger partial charge >= 0.3 is 0 Å². The van der Waals surface area contributed by atoms with Crippen LogP contribution in [0, 0.1) is 11.8 Å². The van der Waals surface area contributed by atoms with Crippen molar-refractivity contribution < 1.29 is 9.59 Å². The lowest BCUT2D eigenvalue weighted by molar-refractivity contribution is 0.0973. The standard InChI is InChI=1S/C30H40O2/c1-7-25(16-12-13-21(2)3)15-9-8-14-22(4)23(5)19-20-26-24(6)29(31)27-17-10-11-18-28(27)30(26)32/h9-11,13,15,17-19,22,25H,7-8,12,14,16,20H2,1-6H3/b15-9+,23-19+. The van der Waals surface area contributed by atoms with Crippen molar-refractivity contribution in [3.05, 3.63) is 82.0 Å². The Morgan fingerprint density at radius 1 is 0.938 bits per heavy atom. The van der Waals surface area contributed by atoms with Crippen LogP contribution in [0.3, 0.4) is 0 Å². The highest BCUT2D eigenvalue weighted by Crippen LogP contribution is 2.29. The number of allylic oxidation sites excluding steroid dienone is 8. The van der Waals surface area contributed by atoms with Gasteiger partial charge in [0.2, 0.25) is 0 Å². The van der Waals surface area contributed by atoms with Gasteiger partial charge in [-0.15, -0.1) is 0 Å². The van der Waals surface area contributed by atoms with Crippen LogP contribution in [0.1, 0.15) is 101 Å². The van der Waals surface area contributed by atoms with Crippen molar-refractivity contribution in [1.29, 1.82) is 0 Å². The number of hydrogen-bond acceptors (Lipinski definition) is 2. The van der Waals surface area contributed by atoms with Crippen LogP contribution >= 0.6 is 0 Å². The molecule has 0 saturated carbocycles. The largest absolute Gasteiger partial charge is 0.289 e. The Labute approximate surface area is 195 Å². The fourth-order valence-electron chi connectivity index (χ4n) is 4.15. The van der Waals surface area contributed by atoms with E-state index in [-0.39, 0.29) is 11.6 Å². The summed E-state index contributed by atoms with van der Waals surface area (Å²) >= 11 is 0. The lowest BCUT2D eigenvalue weighted by atomic mass is 9.83. The van der Waals surface area contributed by atoms with E-state index in [9.17, 15) is 9.59 Å². The molecule has 1 aromatic carbocycles. The normalized spacial score (nSPS) is 16.4. The predicted molar refractivity (Wildman–Crippen MR) is 136 cm³/mol. The molecule has 2 atom stereocenters. The topological polar surface area (TPSA) is 34.1 Å². The van der Waals surface area contributed by atoms with Crippen LogP contribution in [0.25, 0.3) is 0 Å². The van der Waals surface area contributed by atoms with Crippen LogP contribution in [0.4, 0.5) is 0 Å². The molecule has 2 rings (SSSR count). The molecule has 32 heavy (non-hydrogen) atoms. The second-order valence-electron chi connectivity index (χ2n) is 9.39. The number of carbonyl (C=O) groups excluding carboxylic acids is 2. The average Bonchev–Trinajstić information content (AvgIpc) is 2.78. The highest BCUT2D eigenvalue weighted by atomic mass is 16.1. The van der Waals surface area contributed by atoms with Crippen molar-refractivity contribution in [2.45, 2.75) is 80.1 Å². The smallest absolute Gasteiger partial charge is 0.190 e. The molecule has 0 saturated heterocycles. The lowest BCUT2D eigenvalue weighted by Crippen LogP contribution is -2.20. The molecular formula is C30H40O2. The van der Waals surface area contributed by atoms with Crippen LogP contribution in [-0.2, 0) is 0 Å². The van der Waals surface area contributed by atoms with Crippen LogP contribution in [0.2, 0.25) is 0 Å². The summed E-state index contributed by atoms with van der Waals surface area (Å²) in [5.41, 5.74) is 4.99. The van der Waals surface area contributed by atoms with Crippen LogP contribution in [-0.4, -0.2) is 11.6 Å². The first kappa shape index (κ1) is 25.8. The minimum absolute atomic E-state index is 0.00365. The van der Waals surface area contributed by atoms with Gasteiger partial charge in [-0.1, -0.05) is 73.6 Å². The van der Waals surface area contributed by atoms with Crippen molar-refractivity contribution >= 4 is 11.6 Å². The Hall–Kier alpha value is -2.48. The summed E-state index contributed by atoms with van der Waals surface area (Å²) in [5.74, 6) is 1.09. The summed E-state index contributed by atoms with van der Waals surface area (Å²) in [6.07, 6.45) is 15.4. The first-order valence-electron chi connectivity index (χ1n) is 12.1. The number of fused-ring (bicyclic) bond motifs is 1. The molecule has 1 aliphatic carbocycles. The third kappa shape index (κ3) is 7.02. The third-order valence-electron chi connectivity index (χ3n) is 6.68. The zero-order valence-electron chi connectivity index (χ0n) is 20.8. The van der Waals surface area contributed by atoms with Gasteiger partial charge in [-0.2, -0.15) is 0 Å². The van der Waals surface area contributed by atoms with Crippen molar-refractivity contribution in [2.75, 3.05) is 0 Å². The first-order valence-corrected chi connectivity index (χ1v) is 12.1. The maximum absolute atomic E-state index is 12.9. The van der Waals surface area contributed by atoms with E-state index >= 15 is 0 Å². The Balaban J connectivity index is 1.91. The van der Waals surface area contributed by atoms with E-state index < -0.39 is 0 Å². The Morgan fingerprint density at radius 2 is 1.59 bits per heavy atom. The van der Waals surface area contributed by atoms with Crippen molar-refractivity contribution in [2.24, 2.45) is 11.8 Å². The van der Waals surface area contributed by atoms with Crippen LogP contribution in [0.15, 0.2) is 70.9 Å². The Morgan fingerprint density at radius 3 is 2.22 bits per heavy atom. The van der Waals surface area contributed by atoms with E-state index in [1.165, 1.54) is 24.0 Å². The summed E-state index contributed by atoms with van der Waals surface area (Å²) in [7, 11) is 0. The van der Waals surface area contributed by atoms with Gasteiger partial charge in [-0.05, 0) is 78.1 Å². The zero-order chi connectivity index (χ0) is 23.7. The molecule has 0 spiro atoms. The molecule has 0 heterocycles. The number of hydrogen-bond donors (Lipinski definition) is 0. The number of carbonyl (C=O) groups is 2. The highest BCUT2D eigenvalue weighted by Gasteiger charge is 2.28. The molecule has 0 bridgehead atoms. The van der Waals surface area contributed by atoms with Crippen LogP contribution < -0.4 is 0 Å². The van der Waals surface area contributed by atoms with Gasteiger partial charge in [-0.25, -0.2) is 0 Å². The molecule has 0 amide bonds. The van der Waals surface area contributed by atoms with E-state index in [1.807, 2.05) is 12.1 Å². The fourth-order valence-corrected chi connectivity index (χ4v) is 4.15.